The molecule has 0 radical (unpaired) electrons. The van der Waals surface area contributed by atoms with Gasteiger partial charge < -0.3 is 10.5 Å². The van der Waals surface area contributed by atoms with Crippen LogP contribution in [0.4, 0.5) is 13.2 Å². The van der Waals surface area contributed by atoms with Gasteiger partial charge in [0.1, 0.15) is 5.75 Å². The third-order valence-electron chi connectivity index (χ3n) is 1.98. The van der Waals surface area contributed by atoms with E-state index in [1.165, 1.54) is 18.2 Å². The fourth-order valence-electron chi connectivity index (χ4n) is 1.22. The smallest absolute Gasteiger partial charge is 0.405 e. The van der Waals surface area contributed by atoms with Crippen molar-refractivity contribution >= 4 is 0 Å². The molecule has 0 saturated carbocycles. The first kappa shape index (κ1) is 11.8. The highest BCUT2D eigenvalue weighted by Gasteiger charge is 2.32. The van der Waals surface area contributed by atoms with Crippen LogP contribution in [-0.2, 0) is 0 Å². The van der Waals surface area contributed by atoms with Crippen LogP contribution in [-0.4, -0.2) is 6.36 Å². The van der Waals surface area contributed by atoms with Gasteiger partial charge >= 0.3 is 6.36 Å². The lowest BCUT2D eigenvalue weighted by atomic mass is 10.0. The third-order valence-corrected chi connectivity index (χ3v) is 1.98. The zero-order valence-electron chi connectivity index (χ0n) is 8.21. The largest absolute Gasteiger partial charge is 0.573 e. The van der Waals surface area contributed by atoms with E-state index in [-0.39, 0.29) is 5.75 Å². The summed E-state index contributed by atoms with van der Waals surface area (Å²) in [5.74, 6) is -0.223. The maximum Gasteiger partial charge on any atom is 0.573 e. The lowest BCUT2D eigenvalue weighted by molar-refractivity contribution is -0.275. The molecule has 1 rings (SSSR count). The molecule has 0 aliphatic rings. The number of rotatable bonds is 3. The number of alkyl halides is 3. The molecule has 0 saturated heterocycles. The SMILES string of the molecule is CC[C@H](N)c1ccccc1OC(F)(F)F. The lowest BCUT2D eigenvalue weighted by Gasteiger charge is -2.16. The van der Waals surface area contributed by atoms with Gasteiger partial charge in [0.05, 0.1) is 0 Å². The summed E-state index contributed by atoms with van der Waals surface area (Å²) in [7, 11) is 0. The Morgan fingerprint density at radius 1 is 1.33 bits per heavy atom. The van der Waals surface area contributed by atoms with E-state index >= 15 is 0 Å². The van der Waals surface area contributed by atoms with Gasteiger partial charge in [-0.1, -0.05) is 25.1 Å². The van der Waals surface area contributed by atoms with Gasteiger partial charge in [0.25, 0.3) is 0 Å². The summed E-state index contributed by atoms with van der Waals surface area (Å²) < 4.78 is 40.0. The Balaban J connectivity index is 2.96. The van der Waals surface area contributed by atoms with Crippen molar-refractivity contribution in [2.75, 3.05) is 0 Å². The molecule has 0 bridgehead atoms. The second-order valence-electron chi connectivity index (χ2n) is 3.10. The Hall–Kier alpha value is -1.23. The maximum absolute atomic E-state index is 12.0. The highest BCUT2D eigenvalue weighted by Crippen LogP contribution is 2.30. The van der Waals surface area contributed by atoms with Crippen molar-refractivity contribution in [1.29, 1.82) is 0 Å². The predicted octanol–water partition coefficient (Wildman–Crippen LogP) is 3.00. The van der Waals surface area contributed by atoms with Crippen molar-refractivity contribution in [2.24, 2.45) is 5.73 Å². The van der Waals surface area contributed by atoms with Gasteiger partial charge in [-0.2, -0.15) is 0 Å². The van der Waals surface area contributed by atoms with E-state index in [2.05, 4.69) is 4.74 Å². The summed E-state index contributed by atoms with van der Waals surface area (Å²) in [6, 6.07) is 5.47. The zero-order chi connectivity index (χ0) is 11.5. The Kier molecular flexibility index (Phi) is 3.57. The van der Waals surface area contributed by atoms with Crippen LogP contribution in [0.1, 0.15) is 24.9 Å². The molecule has 0 heterocycles. The molecular weight excluding hydrogens is 207 g/mol. The Labute approximate surface area is 85.8 Å². The van der Waals surface area contributed by atoms with E-state index in [1.807, 2.05) is 0 Å². The zero-order valence-corrected chi connectivity index (χ0v) is 8.21. The van der Waals surface area contributed by atoms with Crippen LogP contribution in [0.15, 0.2) is 24.3 Å². The molecule has 2 N–H and O–H groups in total. The van der Waals surface area contributed by atoms with Crippen molar-refractivity contribution in [3.05, 3.63) is 29.8 Å². The fraction of sp³-hybridized carbons (Fsp3) is 0.400. The van der Waals surface area contributed by atoms with Crippen LogP contribution in [0.3, 0.4) is 0 Å². The first-order valence-corrected chi connectivity index (χ1v) is 4.54. The molecule has 0 unspecified atom stereocenters. The van der Waals surface area contributed by atoms with Gasteiger partial charge in [-0.3, -0.25) is 0 Å². The van der Waals surface area contributed by atoms with Crippen LogP contribution in [0.25, 0.3) is 0 Å². The summed E-state index contributed by atoms with van der Waals surface area (Å²) in [5.41, 5.74) is 6.04. The molecule has 0 aliphatic carbocycles. The number of benzene rings is 1. The molecule has 1 aromatic rings. The number of nitrogens with two attached hydrogens (primary N) is 1. The van der Waals surface area contributed by atoms with Crippen LogP contribution < -0.4 is 10.5 Å². The number of hydrogen-bond donors (Lipinski definition) is 1. The first-order chi connectivity index (χ1) is 6.94. The molecule has 1 atom stereocenters. The number of halogens is 3. The predicted molar refractivity (Wildman–Crippen MR) is 50.3 cm³/mol. The monoisotopic (exact) mass is 219 g/mol. The summed E-state index contributed by atoms with van der Waals surface area (Å²) in [6.45, 7) is 1.80. The van der Waals surface area contributed by atoms with E-state index in [4.69, 9.17) is 5.73 Å². The molecule has 0 fully saturated rings. The summed E-state index contributed by atoms with van der Waals surface area (Å²) in [4.78, 5) is 0. The molecule has 2 nitrogen and oxygen atoms in total. The maximum atomic E-state index is 12.0. The molecule has 0 aliphatic heterocycles. The van der Waals surface area contributed by atoms with Crippen LogP contribution in [0.5, 0.6) is 5.75 Å². The average molecular weight is 219 g/mol. The molecule has 0 amide bonds. The van der Waals surface area contributed by atoms with E-state index in [0.717, 1.165) is 0 Å². The number of para-hydroxylation sites is 1. The standard InChI is InChI=1S/C10H12F3NO/c1-2-8(14)7-5-3-4-6-9(7)15-10(11,12)13/h3-6,8H,2,14H2,1H3/t8-/m0/s1. The summed E-state index contributed by atoms with van der Waals surface area (Å²) in [5, 5.41) is 0. The van der Waals surface area contributed by atoms with Gasteiger partial charge in [0, 0.05) is 11.6 Å². The van der Waals surface area contributed by atoms with E-state index in [9.17, 15) is 13.2 Å². The highest BCUT2D eigenvalue weighted by molar-refractivity contribution is 5.35. The van der Waals surface area contributed by atoms with Crippen molar-refractivity contribution in [3.63, 3.8) is 0 Å². The van der Waals surface area contributed by atoms with Gasteiger partial charge in [-0.05, 0) is 12.5 Å². The summed E-state index contributed by atoms with van der Waals surface area (Å²) >= 11 is 0. The third kappa shape index (κ3) is 3.43. The van der Waals surface area contributed by atoms with Crippen LogP contribution >= 0.6 is 0 Å². The normalized spacial score (nSPS) is 13.7. The van der Waals surface area contributed by atoms with Crippen molar-refractivity contribution in [2.45, 2.75) is 25.7 Å². The lowest BCUT2D eigenvalue weighted by Crippen LogP contribution is -2.20. The van der Waals surface area contributed by atoms with E-state index in [0.29, 0.717) is 12.0 Å². The molecular formula is C10H12F3NO. The second kappa shape index (κ2) is 4.53. The molecule has 15 heavy (non-hydrogen) atoms. The van der Waals surface area contributed by atoms with Crippen molar-refractivity contribution < 1.29 is 17.9 Å². The molecule has 5 heteroatoms. The quantitative estimate of drug-likeness (QED) is 0.848. The van der Waals surface area contributed by atoms with Crippen molar-refractivity contribution in [1.82, 2.24) is 0 Å². The van der Waals surface area contributed by atoms with E-state index < -0.39 is 12.4 Å². The van der Waals surface area contributed by atoms with Gasteiger partial charge in [-0.25, -0.2) is 0 Å². The Morgan fingerprint density at radius 2 is 1.93 bits per heavy atom. The van der Waals surface area contributed by atoms with Gasteiger partial charge in [0.2, 0.25) is 0 Å². The highest BCUT2D eigenvalue weighted by atomic mass is 19.4. The summed E-state index contributed by atoms with van der Waals surface area (Å²) in [6.07, 6.45) is -4.12. The molecule has 0 spiro atoms. The molecule has 84 valence electrons. The van der Waals surface area contributed by atoms with Gasteiger partial charge in [-0.15, -0.1) is 13.2 Å². The number of ether oxygens (including phenoxy) is 1. The fourth-order valence-corrected chi connectivity index (χ4v) is 1.22. The van der Waals surface area contributed by atoms with Crippen LogP contribution in [0.2, 0.25) is 0 Å². The minimum absolute atomic E-state index is 0.223. The molecule has 1 aromatic carbocycles. The topological polar surface area (TPSA) is 35.2 Å². The first-order valence-electron chi connectivity index (χ1n) is 4.54. The Morgan fingerprint density at radius 3 is 2.47 bits per heavy atom. The number of hydrogen-bond acceptors (Lipinski definition) is 2. The van der Waals surface area contributed by atoms with Crippen molar-refractivity contribution in [3.8, 4) is 5.75 Å². The molecule has 0 aromatic heterocycles. The second-order valence-corrected chi connectivity index (χ2v) is 3.10. The van der Waals surface area contributed by atoms with E-state index in [1.54, 1.807) is 13.0 Å². The average Bonchev–Trinajstić information content (AvgIpc) is 2.15. The van der Waals surface area contributed by atoms with Crippen LogP contribution in [0, 0.1) is 0 Å². The minimum Gasteiger partial charge on any atom is -0.405 e. The van der Waals surface area contributed by atoms with Gasteiger partial charge in [0.15, 0.2) is 0 Å². The Bertz CT molecular complexity index is 325. The minimum atomic E-state index is -4.68.